The highest BCUT2D eigenvalue weighted by atomic mass is 32.2. The number of aromatic nitrogens is 3. The lowest BCUT2D eigenvalue weighted by Crippen LogP contribution is -2.36. The van der Waals surface area contributed by atoms with Crippen molar-refractivity contribution in [3.05, 3.63) is 24.2 Å². The van der Waals surface area contributed by atoms with Crippen LogP contribution >= 0.6 is 0 Å². The lowest BCUT2D eigenvalue weighted by Gasteiger charge is -2.33. The molecule has 160 valence electrons. The maximum absolute atomic E-state index is 11.5. The zero-order valence-electron chi connectivity index (χ0n) is 17.4. The zero-order chi connectivity index (χ0) is 20.9. The van der Waals surface area contributed by atoms with Gasteiger partial charge in [-0.2, -0.15) is 4.98 Å². The van der Waals surface area contributed by atoms with Gasteiger partial charge in [-0.05, 0) is 43.6 Å². The van der Waals surface area contributed by atoms with E-state index in [-0.39, 0.29) is 4.90 Å². The molecule has 0 unspecified atom stereocenters. The lowest BCUT2D eigenvalue weighted by molar-refractivity contribution is 0.216. The van der Waals surface area contributed by atoms with Crippen molar-refractivity contribution in [1.82, 2.24) is 15.1 Å². The molecule has 3 heterocycles. The summed E-state index contributed by atoms with van der Waals surface area (Å²) in [4.78, 5) is 10.9. The maximum atomic E-state index is 11.5. The third-order valence-corrected chi connectivity index (χ3v) is 6.60. The first-order valence-electron chi connectivity index (χ1n) is 10.2. The molecule has 1 saturated heterocycles. The molecule has 0 amide bonds. The van der Waals surface area contributed by atoms with E-state index in [4.69, 9.17) is 9.26 Å². The summed E-state index contributed by atoms with van der Waals surface area (Å²) in [6.45, 7) is 6.79. The van der Waals surface area contributed by atoms with E-state index >= 15 is 0 Å². The monoisotopic (exact) mass is 422 g/mol. The Morgan fingerprint density at radius 2 is 2.07 bits per heavy atom. The minimum Gasteiger partial charge on any atom is -0.478 e. The predicted octanol–water partition coefficient (Wildman–Crippen LogP) is 3.14. The van der Waals surface area contributed by atoms with E-state index in [2.05, 4.69) is 33.9 Å². The van der Waals surface area contributed by atoms with Gasteiger partial charge in [-0.15, -0.1) is 0 Å². The van der Waals surface area contributed by atoms with Crippen LogP contribution in [-0.4, -0.2) is 49.5 Å². The second-order valence-electron chi connectivity index (χ2n) is 7.79. The summed E-state index contributed by atoms with van der Waals surface area (Å²) in [5.41, 5.74) is 0. The van der Waals surface area contributed by atoms with Crippen molar-refractivity contribution in [3.63, 3.8) is 0 Å². The Morgan fingerprint density at radius 1 is 1.31 bits per heavy atom. The number of anilines is 1. The molecule has 1 aliphatic rings. The van der Waals surface area contributed by atoms with Crippen LogP contribution in [0, 0.1) is 11.8 Å². The second kappa shape index (κ2) is 9.56. The summed E-state index contributed by atoms with van der Waals surface area (Å²) in [5, 5.41) is 4.04. The smallest absolute Gasteiger partial charge is 0.324 e. The van der Waals surface area contributed by atoms with Crippen LogP contribution in [0.3, 0.4) is 0 Å². The number of aryl methyl sites for hydroxylation is 1. The highest BCUT2D eigenvalue weighted by molar-refractivity contribution is 7.90. The lowest BCUT2D eigenvalue weighted by atomic mass is 9.84. The van der Waals surface area contributed by atoms with Crippen LogP contribution in [-0.2, 0) is 16.3 Å². The molecular formula is C20H30N4O4S. The molecule has 29 heavy (non-hydrogen) atoms. The fourth-order valence-corrected chi connectivity index (χ4v) is 4.17. The molecule has 2 aromatic heterocycles. The summed E-state index contributed by atoms with van der Waals surface area (Å²) in [5.74, 6) is 2.41. The van der Waals surface area contributed by atoms with Gasteiger partial charge in [0.25, 0.3) is 0 Å². The van der Waals surface area contributed by atoms with Crippen molar-refractivity contribution in [2.45, 2.75) is 50.8 Å². The molecule has 0 aliphatic carbocycles. The Morgan fingerprint density at radius 3 is 2.69 bits per heavy atom. The SMILES string of the molecule is CCCc1noc(N2CCC([C@H](C)CCOc3ccc(S(C)(=O)=O)cn3)CC2)n1. The van der Waals surface area contributed by atoms with Gasteiger partial charge in [0.05, 0.1) is 11.5 Å². The second-order valence-corrected chi connectivity index (χ2v) is 9.80. The van der Waals surface area contributed by atoms with Crippen molar-refractivity contribution in [2.24, 2.45) is 11.8 Å². The molecule has 0 radical (unpaired) electrons. The van der Waals surface area contributed by atoms with Gasteiger partial charge < -0.3 is 14.2 Å². The molecule has 1 atom stereocenters. The molecule has 0 spiro atoms. The summed E-state index contributed by atoms with van der Waals surface area (Å²) in [6, 6.07) is 3.78. The Labute approximate surface area is 172 Å². The van der Waals surface area contributed by atoms with Crippen LogP contribution in [0.2, 0.25) is 0 Å². The molecule has 0 aromatic carbocycles. The van der Waals surface area contributed by atoms with E-state index in [1.165, 1.54) is 18.5 Å². The Kier molecular flexibility index (Phi) is 7.10. The normalized spacial score (nSPS) is 16.7. The van der Waals surface area contributed by atoms with Crippen molar-refractivity contribution < 1.29 is 17.7 Å². The third-order valence-electron chi connectivity index (χ3n) is 5.51. The van der Waals surface area contributed by atoms with E-state index in [1.807, 2.05) is 0 Å². The number of rotatable bonds is 9. The van der Waals surface area contributed by atoms with Crippen molar-refractivity contribution >= 4 is 15.9 Å². The van der Waals surface area contributed by atoms with Gasteiger partial charge in [-0.25, -0.2) is 13.4 Å². The fourth-order valence-electron chi connectivity index (χ4n) is 3.61. The topological polar surface area (TPSA) is 98.4 Å². The molecule has 9 heteroatoms. The first-order chi connectivity index (χ1) is 13.9. The van der Waals surface area contributed by atoms with Crippen molar-refractivity contribution in [2.75, 3.05) is 30.9 Å². The van der Waals surface area contributed by atoms with Crippen molar-refractivity contribution in [1.29, 1.82) is 0 Å². The molecule has 3 rings (SSSR count). The first-order valence-corrected chi connectivity index (χ1v) is 12.1. The molecule has 0 bridgehead atoms. The molecule has 1 fully saturated rings. The average molecular weight is 423 g/mol. The van der Waals surface area contributed by atoms with Gasteiger partial charge in [-0.1, -0.05) is 19.0 Å². The summed E-state index contributed by atoms with van der Waals surface area (Å²) < 4.78 is 34.0. The third kappa shape index (κ3) is 5.91. The first kappa shape index (κ1) is 21.5. The van der Waals surface area contributed by atoms with Gasteiger partial charge in [0.15, 0.2) is 15.7 Å². The number of piperidine rings is 1. The van der Waals surface area contributed by atoms with Crippen LogP contribution in [0.5, 0.6) is 5.88 Å². The number of nitrogens with zero attached hydrogens (tertiary/aromatic N) is 4. The number of ether oxygens (including phenoxy) is 1. The largest absolute Gasteiger partial charge is 0.478 e. The van der Waals surface area contributed by atoms with E-state index in [0.717, 1.165) is 51.0 Å². The molecule has 0 saturated carbocycles. The van der Waals surface area contributed by atoms with E-state index in [0.29, 0.717) is 30.3 Å². The van der Waals surface area contributed by atoms with E-state index in [1.54, 1.807) is 6.07 Å². The highest BCUT2D eigenvalue weighted by Crippen LogP contribution is 2.29. The Bertz CT molecular complexity index is 874. The highest BCUT2D eigenvalue weighted by Gasteiger charge is 2.26. The minimum absolute atomic E-state index is 0.202. The molecule has 8 nitrogen and oxygen atoms in total. The van der Waals surface area contributed by atoms with Crippen LogP contribution in [0.25, 0.3) is 0 Å². The van der Waals surface area contributed by atoms with Crippen LogP contribution in [0.1, 0.15) is 45.4 Å². The maximum Gasteiger partial charge on any atom is 0.324 e. The average Bonchev–Trinajstić information content (AvgIpc) is 3.17. The van der Waals surface area contributed by atoms with E-state index in [9.17, 15) is 8.42 Å². The van der Waals surface area contributed by atoms with Crippen LogP contribution < -0.4 is 9.64 Å². The molecular weight excluding hydrogens is 392 g/mol. The van der Waals surface area contributed by atoms with Gasteiger partial charge in [0, 0.05) is 38.0 Å². The number of hydrogen-bond acceptors (Lipinski definition) is 8. The van der Waals surface area contributed by atoms with Crippen molar-refractivity contribution in [3.8, 4) is 5.88 Å². The number of hydrogen-bond donors (Lipinski definition) is 0. The van der Waals surface area contributed by atoms with Gasteiger partial charge in [-0.3, -0.25) is 0 Å². The standard InChI is InChI=1S/C20H30N4O4S/c1-4-5-18-22-20(28-23-18)24-11-8-16(9-12-24)15(2)10-13-27-19-7-6-17(14-21-19)29(3,25)26/h6-7,14-16H,4-5,8-13H2,1-3H3/t15-/m1/s1. The van der Waals surface area contributed by atoms with Gasteiger partial charge in [0.1, 0.15) is 0 Å². The van der Waals surface area contributed by atoms with Gasteiger partial charge >= 0.3 is 6.01 Å². The quantitative estimate of drug-likeness (QED) is 0.608. The molecule has 1 aliphatic heterocycles. The molecule has 2 aromatic rings. The van der Waals surface area contributed by atoms with E-state index < -0.39 is 9.84 Å². The fraction of sp³-hybridized carbons (Fsp3) is 0.650. The summed E-state index contributed by atoms with van der Waals surface area (Å²) in [6.07, 6.45) is 7.48. The Hall–Kier alpha value is -2.16. The minimum atomic E-state index is -3.23. The van der Waals surface area contributed by atoms with Gasteiger partial charge in [0.2, 0.25) is 5.88 Å². The van der Waals surface area contributed by atoms with Crippen LogP contribution in [0.15, 0.2) is 27.7 Å². The van der Waals surface area contributed by atoms with Crippen LogP contribution in [0.4, 0.5) is 6.01 Å². The molecule has 0 N–H and O–H groups in total. The summed E-state index contributed by atoms with van der Waals surface area (Å²) in [7, 11) is -3.23. The Balaban J connectivity index is 1.41. The number of sulfone groups is 1. The predicted molar refractivity (Wildman–Crippen MR) is 110 cm³/mol. The zero-order valence-corrected chi connectivity index (χ0v) is 18.2. The number of pyridine rings is 1. The summed E-state index contributed by atoms with van der Waals surface area (Å²) >= 11 is 0.